The van der Waals surface area contributed by atoms with E-state index in [2.05, 4.69) is 16.2 Å². The van der Waals surface area contributed by atoms with Crippen molar-refractivity contribution in [1.82, 2.24) is 15.1 Å². The van der Waals surface area contributed by atoms with Gasteiger partial charge in [-0.3, -0.25) is 4.68 Å². The van der Waals surface area contributed by atoms with Crippen LogP contribution in [-0.2, 0) is 6.42 Å². The lowest BCUT2D eigenvalue weighted by Gasteiger charge is -2.19. The van der Waals surface area contributed by atoms with Gasteiger partial charge < -0.3 is 5.32 Å². The minimum Gasteiger partial charge on any atom is -0.307 e. The van der Waals surface area contributed by atoms with Crippen LogP contribution in [0.5, 0.6) is 0 Å². The number of hydrogen-bond donors (Lipinski definition) is 1. The van der Waals surface area contributed by atoms with E-state index >= 15 is 0 Å². The van der Waals surface area contributed by atoms with E-state index in [-0.39, 0.29) is 0 Å². The molecule has 3 heterocycles. The minimum absolute atomic E-state index is 0.615. The van der Waals surface area contributed by atoms with E-state index in [1.54, 1.807) is 0 Å². The highest BCUT2D eigenvalue weighted by Gasteiger charge is 2.34. The zero-order chi connectivity index (χ0) is 10.5. The second kappa shape index (κ2) is 3.33. The normalized spacial score (nSPS) is 33.2. The lowest BCUT2D eigenvalue weighted by Crippen LogP contribution is -2.31. The van der Waals surface area contributed by atoms with E-state index in [0.29, 0.717) is 18.1 Å². The molecule has 1 saturated carbocycles. The minimum atomic E-state index is 0.615. The van der Waals surface area contributed by atoms with Crippen LogP contribution in [0.1, 0.15) is 61.9 Å². The van der Waals surface area contributed by atoms with Gasteiger partial charge in [-0.1, -0.05) is 12.8 Å². The van der Waals surface area contributed by atoms with Crippen molar-refractivity contribution in [2.75, 3.05) is 0 Å². The molecule has 0 amide bonds. The van der Waals surface area contributed by atoms with Gasteiger partial charge in [-0.25, -0.2) is 0 Å². The van der Waals surface area contributed by atoms with Crippen molar-refractivity contribution in [3.05, 3.63) is 17.5 Å². The fraction of sp³-hybridized carbons (Fsp3) is 0.769. The van der Waals surface area contributed by atoms with E-state index in [9.17, 15) is 0 Å². The van der Waals surface area contributed by atoms with E-state index in [0.717, 1.165) is 6.42 Å². The Balaban J connectivity index is 1.69. The van der Waals surface area contributed by atoms with Crippen molar-refractivity contribution in [2.45, 2.75) is 63.1 Å². The van der Waals surface area contributed by atoms with Crippen molar-refractivity contribution >= 4 is 0 Å². The largest absolute Gasteiger partial charge is 0.307 e. The second-order valence-electron chi connectivity index (χ2n) is 5.65. The maximum absolute atomic E-state index is 4.85. The standard InChI is InChI=1S/C13H19N3/c1-2-4-10(3-1)16-8-11-12-6-5-9(14-12)7-13(11)15-16/h8-10,12,14H,1-7H2/t9-,12-/m0/s1. The first-order valence-electron chi connectivity index (χ1n) is 6.74. The molecule has 2 bridgehead atoms. The van der Waals surface area contributed by atoms with E-state index in [4.69, 9.17) is 5.10 Å². The molecule has 3 aliphatic rings. The van der Waals surface area contributed by atoms with E-state index in [1.807, 2.05) is 0 Å². The highest BCUT2D eigenvalue weighted by atomic mass is 15.3. The molecule has 0 spiro atoms. The molecule has 86 valence electrons. The summed E-state index contributed by atoms with van der Waals surface area (Å²) in [4.78, 5) is 0. The maximum Gasteiger partial charge on any atom is 0.0688 e. The van der Waals surface area contributed by atoms with Crippen LogP contribution < -0.4 is 5.32 Å². The Labute approximate surface area is 96.2 Å². The number of nitrogens with zero attached hydrogens (tertiary/aromatic N) is 2. The molecule has 0 unspecified atom stereocenters. The first-order chi connectivity index (χ1) is 7.90. The van der Waals surface area contributed by atoms with Crippen molar-refractivity contribution in [3.8, 4) is 0 Å². The van der Waals surface area contributed by atoms with E-state index < -0.39 is 0 Å². The summed E-state index contributed by atoms with van der Waals surface area (Å²) < 4.78 is 2.28. The van der Waals surface area contributed by atoms with Gasteiger partial charge in [0.2, 0.25) is 0 Å². The summed E-state index contributed by atoms with van der Waals surface area (Å²) in [5.41, 5.74) is 2.89. The lowest BCUT2D eigenvalue weighted by atomic mass is 10.0. The molecule has 0 radical (unpaired) electrons. The van der Waals surface area contributed by atoms with Gasteiger partial charge in [0.15, 0.2) is 0 Å². The molecule has 0 aromatic carbocycles. The predicted octanol–water partition coefficient (Wildman–Crippen LogP) is 2.35. The van der Waals surface area contributed by atoms with Gasteiger partial charge in [0, 0.05) is 30.3 Å². The van der Waals surface area contributed by atoms with Crippen LogP contribution in [0.4, 0.5) is 0 Å². The van der Waals surface area contributed by atoms with Gasteiger partial charge in [-0.15, -0.1) is 0 Å². The third-order valence-electron chi connectivity index (χ3n) is 4.60. The molecule has 2 fully saturated rings. The highest BCUT2D eigenvalue weighted by Crippen LogP contribution is 2.37. The number of rotatable bonds is 1. The summed E-state index contributed by atoms with van der Waals surface area (Å²) in [7, 11) is 0. The molecule has 1 N–H and O–H groups in total. The van der Waals surface area contributed by atoms with Crippen LogP contribution in [0.25, 0.3) is 0 Å². The Hall–Kier alpha value is -0.830. The SMILES string of the molecule is c1c2c(nn1C1CCCC1)C[C@@H]1CC[C@@H]2N1. The van der Waals surface area contributed by atoms with Gasteiger partial charge in [-0.2, -0.15) is 5.10 Å². The fourth-order valence-corrected chi connectivity index (χ4v) is 3.71. The molecule has 1 aliphatic carbocycles. The second-order valence-corrected chi connectivity index (χ2v) is 5.65. The molecule has 3 nitrogen and oxygen atoms in total. The molecule has 4 rings (SSSR count). The average molecular weight is 217 g/mol. The van der Waals surface area contributed by atoms with Gasteiger partial charge in [0.05, 0.1) is 11.7 Å². The molecular formula is C13H19N3. The molecule has 3 heteroatoms. The average Bonchev–Trinajstić information content (AvgIpc) is 2.98. The summed E-state index contributed by atoms with van der Waals surface area (Å²) in [6.07, 6.45) is 11.6. The van der Waals surface area contributed by atoms with Gasteiger partial charge >= 0.3 is 0 Å². The highest BCUT2D eigenvalue weighted by molar-refractivity contribution is 5.28. The van der Waals surface area contributed by atoms with Crippen molar-refractivity contribution < 1.29 is 0 Å². The Morgan fingerprint density at radius 3 is 2.94 bits per heavy atom. The quantitative estimate of drug-likeness (QED) is 0.782. The monoisotopic (exact) mass is 217 g/mol. The van der Waals surface area contributed by atoms with Crippen molar-refractivity contribution in [2.24, 2.45) is 0 Å². The van der Waals surface area contributed by atoms with E-state index in [1.165, 1.54) is 49.8 Å². The van der Waals surface area contributed by atoms with Gasteiger partial charge in [0.25, 0.3) is 0 Å². The van der Waals surface area contributed by atoms with Crippen LogP contribution in [0.2, 0.25) is 0 Å². The molecule has 16 heavy (non-hydrogen) atoms. The third-order valence-corrected chi connectivity index (χ3v) is 4.60. The third kappa shape index (κ3) is 1.27. The number of nitrogens with one attached hydrogen (secondary N) is 1. The first-order valence-corrected chi connectivity index (χ1v) is 6.74. The Morgan fingerprint density at radius 2 is 2.06 bits per heavy atom. The molecule has 2 atom stereocenters. The number of hydrogen-bond acceptors (Lipinski definition) is 2. The topological polar surface area (TPSA) is 29.9 Å². The van der Waals surface area contributed by atoms with Crippen molar-refractivity contribution in [1.29, 1.82) is 0 Å². The Morgan fingerprint density at radius 1 is 1.19 bits per heavy atom. The maximum atomic E-state index is 4.85. The summed E-state index contributed by atoms with van der Waals surface area (Å²) in [6, 6.07) is 2.03. The molecule has 1 saturated heterocycles. The van der Waals surface area contributed by atoms with Crippen LogP contribution in [0, 0.1) is 0 Å². The fourth-order valence-electron chi connectivity index (χ4n) is 3.71. The summed E-state index contributed by atoms with van der Waals surface area (Å²) in [5, 5.41) is 8.55. The predicted molar refractivity (Wildman–Crippen MR) is 62.3 cm³/mol. The van der Waals surface area contributed by atoms with Crippen LogP contribution in [0.3, 0.4) is 0 Å². The van der Waals surface area contributed by atoms with Gasteiger partial charge in [-0.05, 0) is 25.7 Å². The molecule has 1 aromatic rings. The summed E-state index contributed by atoms with van der Waals surface area (Å²) >= 11 is 0. The lowest BCUT2D eigenvalue weighted by molar-refractivity contribution is 0.459. The number of fused-ring (bicyclic) bond motifs is 4. The van der Waals surface area contributed by atoms with Gasteiger partial charge in [0.1, 0.15) is 0 Å². The molecule has 2 aliphatic heterocycles. The smallest absolute Gasteiger partial charge is 0.0688 e. The molecular weight excluding hydrogens is 198 g/mol. The Bertz CT molecular complexity index is 403. The first kappa shape index (κ1) is 9.23. The van der Waals surface area contributed by atoms with Crippen LogP contribution in [-0.4, -0.2) is 15.8 Å². The zero-order valence-corrected chi connectivity index (χ0v) is 9.65. The summed E-state index contributed by atoms with van der Waals surface area (Å²) in [6.45, 7) is 0. The van der Waals surface area contributed by atoms with Crippen molar-refractivity contribution in [3.63, 3.8) is 0 Å². The Kier molecular flexibility index (Phi) is 1.92. The molecule has 1 aromatic heterocycles. The number of aromatic nitrogens is 2. The van der Waals surface area contributed by atoms with Crippen LogP contribution in [0.15, 0.2) is 6.20 Å². The summed E-state index contributed by atoms with van der Waals surface area (Å²) in [5.74, 6) is 0. The zero-order valence-electron chi connectivity index (χ0n) is 9.65. The van der Waals surface area contributed by atoms with Crippen LogP contribution >= 0.6 is 0 Å².